The Labute approximate surface area is 116 Å². The highest BCUT2D eigenvalue weighted by Gasteiger charge is 2.20. The summed E-state index contributed by atoms with van der Waals surface area (Å²) < 4.78 is 11.9. The molecule has 0 spiro atoms. The first-order valence-electron chi connectivity index (χ1n) is 7.67. The highest BCUT2D eigenvalue weighted by atomic mass is 19.1. The zero-order valence-corrected chi connectivity index (χ0v) is 11.9. The minimum absolute atomic E-state index is 0.639. The van der Waals surface area contributed by atoms with Crippen molar-refractivity contribution in [2.45, 2.75) is 57.8 Å². The average Bonchev–Trinajstić information content (AvgIpc) is 2.48. The Balaban J connectivity index is 1.88. The van der Waals surface area contributed by atoms with Crippen LogP contribution in [0.3, 0.4) is 0 Å². The average molecular weight is 260 g/mol. The van der Waals surface area contributed by atoms with Gasteiger partial charge in [0.2, 0.25) is 0 Å². The van der Waals surface area contributed by atoms with E-state index in [1.807, 2.05) is 0 Å². The molecule has 1 heteroatoms. The van der Waals surface area contributed by atoms with Crippen molar-refractivity contribution in [1.29, 1.82) is 0 Å². The number of hydrogen-bond acceptors (Lipinski definition) is 0. The fourth-order valence-electron chi connectivity index (χ4n) is 3.17. The van der Waals surface area contributed by atoms with Gasteiger partial charge in [0.05, 0.1) is 6.33 Å². The van der Waals surface area contributed by atoms with Gasteiger partial charge >= 0.3 is 0 Å². The second-order valence-electron chi connectivity index (χ2n) is 5.77. The molecule has 1 fully saturated rings. The summed E-state index contributed by atoms with van der Waals surface area (Å²) in [7, 11) is 0. The summed E-state index contributed by atoms with van der Waals surface area (Å²) in [5, 5.41) is 0. The third kappa shape index (κ3) is 4.19. The number of halogens is 1. The maximum atomic E-state index is 11.9. The lowest BCUT2D eigenvalue weighted by molar-refractivity contribution is 0.319. The molecule has 0 saturated heterocycles. The van der Waals surface area contributed by atoms with Gasteiger partial charge in [0.25, 0.3) is 0 Å². The van der Waals surface area contributed by atoms with Crippen molar-refractivity contribution in [2.75, 3.05) is 0 Å². The molecule has 0 amide bonds. The predicted octanol–water partition coefficient (Wildman–Crippen LogP) is 5.79. The minimum atomic E-state index is 0.639. The molecule has 1 aromatic rings. The van der Waals surface area contributed by atoms with Gasteiger partial charge in [0, 0.05) is 0 Å². The molecule has 0 aliphatic heterocycles. The topological polar surface area (TPSA) is 0 Å². The molecule has 0 N–H and O–H groups in total. The molecular formula is C18H25F. The molecule has 0 nitrogen and oxygen atoms in total. The van der Waals surface area contributed by atoms with Crippen LogP contribution >= 0.6 is 0 Å². The fourth-order valence-corrected chi connectivity index (χ4v) is 3.17. The van der Waals surface area contributed by atoms with Crippen LogP contribution in [0.4, 0.5) is 4.39 Å². The second-order valence-corrected chi connectivity index (χ2v) is 5.77. The van der Waals surface area contributed by atoms with Gasteiger partial charge in [-0.3, -0.25) is 0 Å². The number of benzene rings is 1. The molecule has 1 aromatic carbocycles. The SMILES string of the molecule is CCC1CCC(c2ccc(CCC=CF)cc2)CC1. The Morgan fingerprint density at radius 1 is 1.11 bits per heavy atom. The van der Waals surface area contributed by atoms with Gasteiger partial charge in [-0.1, -0.05) is 43.7 Å². The normalized spacial score (nSPS) is 23.9. The number of rotatable bonds is 5. The molecule has 0 bridgehead atoms. The van der Waals surface area contributed by atoms with Crippen molar-refractivity contribution in [3.8, 4) is 0 Å². The van der Waals surface area contributed by atoms with E-state index in [0.29, 0.717) is 6.33 Å². The summed E-state index contributed by atoms with van der Waals surface area (Å²) in [6.45, 7) is 2.31. The standard InChI is InChI=1S/C18H25F/c1-2-15-6-10-17(11-7-15)18-12-8-16(9-13-18)5-3-4-14-19/h4,8-9,12-15,17H,2-3,5-7,10-11H2,1H3. The summed E-state index contributed by atoms with van der Waals surface area (Å²) in [5.74, 6) is 1.73. The fraction of sp³-hybridized carbons (Fsp3) is 0.556. The Bertz CT molecular complexity index is 383. The highest BCUT2D eigenvalue weighted by Crippen LogP contribution is 2.36. The first-order chi connectivity index (χ1) is 9.33. The van der Waals surface area contributed by atoms with E-state index in [0.717, 1.165) is 24.7 Å². The van der Waals surface area contributed by atoms with Gasteiger partial charge in [0.15, 0.2) is 0 Å². The Hall–Kier alpha value is -1.11. The van der Waals surface area contributed by atoms with Gasteiger partial charge in [-0.15, -0.1) is 0 Å². The molecule has 1 saturated carbocycles. The van der Waals surface area contributed by atoms with Crippen LogP contribution in [0.5, 0.6) is 0 Å². The van der Waals surface area contributed by atoms with E-state index in [1.54, 1.807) is 6.08 Å². The summed E-state index contributed by atoms with van der Waals surface area (Å²) in [4.78, 5) is 0. The lowest BCUT2D eigenvalue weighted by Crippen LogP contribution is -2.12. The van der Waals surface area contributed by atoms with Crippen molar-refractivity contribution in [2.24, 2.45) is 5.92 Å². The van der Waals surface area contributed by atoms with E-state index >= 15 is 0 Å². The molecule has 1 aliphatic carbocycles. The van der Waals surface area contributed by atoms with Gasteiger partial charge < -0.3 is 0 Å². The van der Waals surface area contributed by atoms with Crippen molar-refractivity contribution < 1.29 is 4.39 Å². The van der Waals surface area contributed by atoms with Crippen LogP contribution in [-0.4, -0.2) is 0 Å². The molecule has 104 valence electrons. The van der Waals surface area contributed by atoms with E-state index in [1.165, 1.54) is 43.2 Å². The Kier molecular flexibility index (Phi) is 5.62. The molecule has 0 radical (unpaired) electrons. The molecule has 1 aliphatic rings. The quantitative estimate of drug-likeness (QED) is 0.629. The molecule has 0 atom stereocenters. The van der Waals surface area contributed by atoms with E-state index in [-0.39, 0.29) is 0 Å². The first-order valence-corrected chi connectivity index (χ1v) is 7.67. The zero-order valence-electron chi connectivity index (χ0n) is 11.9. The van der Waals surface area contributed by atoms with Gasteiger partial charge in [-0.25, -0.2) is 4.39 Å². The number of aryl methyl sites for hydroxylation is 1. The van der Waals surface area contributed by atoms with Crippen LogP contribution in [0.1, 0.15) is 62.5 Å². The summed E-state index contributed by atoms with van der Waals surface area (Å²) in [5.41, 5.74) is 2.81. The zero-order chi connectivity index (χ0) is 13.5. The lowest BCUT2D eigenvalue weighted by Gasteiger charge is -2.28. The van der Waals surface area contributed by atoms with E-state index in [2.05, 4.69) is 31.2 Å². The Morgan fingerprint density at radius 2 is 1.79 bits per heavy atom. The van der Waals surface area contributed by atoms with Crippen LogP contribution in [0.25, 0.3) is 0 Å². The highest BCUT2D eigenvalue weighted by molar-refractivity contribution is 5.26. The van der Waals surface area contributed by atoms with Crippen LogP contribution < -0.4 is 0 Å². The van der Waals surface area contributed by atoms with Crippen LogP contribution in [0.2, 0.25) is 0 Å². The van der Waals surface area contributed by atoms with E-state index < -0.39 is 0 Å². The van der Waals surface area contributed by atoms with E-state index in [9.17, 15) is 4.39 Å². The Morgan fingerprint density at radius 3 is 2.37 bits per heavy atom. The lowest BCUT2D eigenvalue weighted by atomic mass is 9.78. The monoisotopic (exact) mass is 260 g/mol. The minimum Gasteiger partial charge on any atom is -0.216 e. The largest absolute Gasteiger partial charge is 0.216 e. The summed E-state index contributed by atoms with van der Waals surface area (Å²) >= 11 is 0. The summed E-state index contributed by atoms with van der Waals surface area (Å²) in [6.07, 6.45) is 10.8. The van der Waals surface area contributed by atoms with Crippen LogP contribution in [0.15, 0.2) is 36.7 Å². The van der Waals surface area contributed by atoms with Crippen LogP contribution in [0, 0.1) is 5.92 Å². The molecule has 0 aromatic heterocycles. The maximum Gasteiger partial charge on any atom is 0.0827 e. The van der Waals surface area contributed by atoms with Crippen molar-refractivity contribution in [1.82, 2.24) is 0 Å². The molecule has 0 heterocycles. The van der Waals surface area contributed by atoms with Gasteiger partial charge in [0.1, 0.15) is 0 Å². The van der Waals surface area contributed by atoms with Gasteiger partial charge in [-0.05, 0) is 61.5 Å². The van der Waals surface area contributed by atoms with Crippen molar-refractivity contribution in [3.63, 3.8) is 0 Å². The van der Waals surface area contributed by atoms with Crippen molar-refractivity contribution >= 4 is 0 Å². The third-order valence-electron chi connectivity index (χ3n) is 4.56. The van der Waals surface area contributed by atoms with Crippen molar-refractivity contribution in [3.05, 3.63) is 47.8 Å². The van der Waals surface area contributed by atoms with Crippen LogP contribution in [-0.2, 0) is 6.42 Å². The van der Waals surface area contributed by atoms with Gasteiger partial charge in [-0.2, -0.15) is 0 Å². The third-order valence-corrected chi connectivity index (χ3v) is 4.56. The first kappa shape index (κ1) is 14.3. The molecule has 0 unspecified atom stereocenters. The summed E-state index contributed by atoms with van der Waals surface area (Å²) in [6, 6.07) is 9.00. The second kappa shape index (κ2) is 7.47. The molecular weight excluding hydrogens is 235 g/mol. The maximum absolute atomic E-state index is 11.9. The molecule has 2 rings (SSSR count). The number of hydrogen-bond donors (Lipinski definition) is 0. The molecule has 19 heavy (non-hydrogen) atoms. The predicted molar refractivity (Wildman–Crippen MR) is 80.0 cm³/mol. The van der Waals surface area contributed by atoms with E-state index in [4.69, 9.17) is 0 Å². The number of allylic oxidation sites excluding steroid dienone is 1. The smallest absolute Gasteiger partial charge is 0.0827 e.